The molecule has 0 radical (unpaired) electrons. The van der Waals surface area contributed by atoms with E-state index >= 15 is 0 Å². The summed E-state index contributed by atoms with van der Waals surface area (Å²) in [5.74, 6) is -0.734. The molecule has 0 saturated heterocycles. The molecule has 0 aliphatic carbocycles. The summed E-state index contributed by atoms with van der Waals surface area (Å²) >= 11 is 5.80. The van der Waals surface area contributed by atoms with Crippen molar-refractivity contribution in [2.75, 3.05) is 5.32 Å². The van der Waals surface area contributed by atoms with Gasteiger partial charge in [0.15, 0.2) is 0 Å². The first-order valence-corrected chi connectivity index (χ1v) is 5.91. The van der Waals surface area contributed by atoms with Gasteiger partial charge in [-0.1, -0.05) is 29.8 Å². The van der Waals surface area contributed by atoms with E-state index < -0.39 is 5.82 Å². The summed E-state index contributed by atoms with van der Waals surface area (Å²) < 4.78 is 27.1. The van der Waals surface area contributed by atoms with Crippen LogP contribution in [0.15, 0.2) is 42.5 Å². The summed E-state index contributed by atoms with van der Waals surface area (Å²) in [4.78, 5) is 0. The maximum Gasteiger partial charge on any atom is 0.146 e. The van der Waals surface area contributed by atoms with Crippen molar-refractivity contribution in [3.05, 3.63) is 64.7 Å². The topological polar surface area (TPSA) is 12.0 Å². The Hall–Kier alpha value is -1.61. The summed E-state index contributed by atoms with van der Waals surface area (Å²) in [6.45, 7) is 1.76. The zero-order valence-electron chi connectivity index (χ0n) is 9.75. The number of hydrogen-bond acceptors (Lipinski definition) is 1. The summed E-state index contributed by atoms with van der Waals surface area (Å²) in [5, 5.41) is 3.34. The molecule has 18 heavy (non-hydrogen) atoms. The smallest absolute Gasteiger partial charge is 0.146 e. The highest BCUT2D eigenvalue weighted by Gasteiger charge is 2.12. The molecule has 0 saturated carbocycles. The minimum atomic E-state index is -0.414. The van der Waals surface area contributed by atoms with E-state index in [0.29, 0.717) is 10.6 Å². The van der Waals surface area contributed by atoms with Crippen LogP contribution in [0.5, 0.6) is 0 Å². The highest BCUT2D eigenvalue weighted by molar-refractivity contribution is 6.30. The van der Waals surface area contributed by atoms with Crippen LogP contribution in [0, 0.1) is 11.6 Å². The molecule has 0 spiro atoms. The largest absolute Gasteiger partial charge is 0.376 e. The molecule has 1 N–H and O–H groups in total. The monoisotopic (exact) mass is 267 g/mol. The number of anilines is 1. The number of halogens is 3. The predicted octanol–water partition coefficient (Wildman–Crippen LogP) is 4.79. The second-order valence-electron chi connectivity index (χ2n) is 4.01. The lowest BCUT2D eigenvalue weighted by Gasteiger charge is -2.17. The second kappa shape index (κ2) is 5.36. The fraction of sp³-hybridized carbons (Fsp3) is 0.143. The van der Waals surface area contributed by atoms with E-state index in [9.17, 15) is 8.78 Å². The van der Waals surface area contributed by atoms with Crippen LogP contribution in [0.4, 0.5) is 14.5 Å². The van der Waals surface area contributed by atoms with Gasteiger partial charge in [0.25, 0.3) is 0 Å². The summed E-state index contributed by atoms with van der Waals surface area (Å²) in [5.41, 5.74) is 0.745. The molecule has 0 heterocycles. The molecule has 1 nitrogen and oxygen atoms in total. The lowest BCUT2D eigenvalue weighted by molar-refractivity contribution is 0.596. The molecule has 0 aliphatic heterocycles. The van der Waals surface area contributed by atoms with Crippen molar-refractivity contribution < 1.29 is 8.78 Å². The van der Waals surface area contributed by atoms with Gasteiger partial charge in [0.05, 0.1) is 11.7 Å². The van der Waals surface area contributed by atoms with Crippen LogP contribution in [-0.2, 0) is 0 Å². The molecular weight excluding hydrogens is 256 g/mol. The molecule has 0 bridgehead atoms. The number of rotatable bonds is 3. The molecular formula is C14H12ClF2N. The van der Waals surface area contributed by atoms with Crippen molar-refractivity contribution in [3.63, 3.8) is 0 Å². The number of nitrogens with one attached hydrogen (secondary N) is 1. The van der Waals surface area contributed by atoms with Crippen molar-refractivity contribution in [1.29, 1.82) is 0 Å². The van der Waals surface area contributed by atoms with E-state index in [0.717, 1.165) is 0 Å². The van der Waals surface area contributed by atoms with Gasteiger partial charge in [0, 0.05) is 10.6 Å². The SMILES string of the molecule is CC(Nc1cc(Cl)ccc1F)c1ccccc1F. The second-order valence-corrected chi connectivity index (χ2v) is 4.45. The molecule has 2 rings (SSSR count). The fourth-order valence-electron chi connectivity index (χ4n) is 1.75. The van der Waals surface area contributed by atoms with Crippen LogP contribution in [0.1, 0.15) is 18.5 Å². The Morgan fingerprint density at radius 2 is 1.78 bits per heavy atom. The highest BCUT2D eigenvalue weighted by atomic mass is 35.5. The Kier molecular flexibility index (Phi) is 3.82. The van der Waals surface area contributed by atoms with Crippen molar-refractivity contribution in [2.24, 2.45) is 0 Å². The normalized spacial score (nSPS) is 12.2. The lowest BCUT2D eigenvalue weighted by Crippen LogP contribution is -2.09. The van der Waals surface area contributed by atoms with Crippen LogP contribution in [0.3, 0.4) is 0 Å². The fourth-order valence-corrected chi connectivity index (χ4v) is 1.92. The molecule has 2 aromatic carbocycles. The van der Waals surface area contributed by atoms with Gasteiger partial charge >= 0.3 is 0 Å². The van der Waals surface area contributed by atoms with E-state index in [2.05, 4.69) is 5.32 Å². The number of hydrogen-bond donors (Lipinski definition) is 1. The van der Waals surface area contributed by atoms with Crippen molar-refractivity contribution in [1.82, 2.24) is 0 Å². The first kappa shape index (κ1) is 12.8. The van der Waals surface area contributed by atoms with Crippen LogP contribution < -0.4 is 5.32 Å². The van der Waals surface area contributed by atoms with Gasteiger partial charge in [-0.3, -0.25) is 0 Å². The molecule has 0 aromatic heterocycles. The van der Waals surface area contributed by atoms with Gasteiger partial charge in [-0.05, 0) is 31.2 Å². The Morgan fingerprint density at radius 1 is 1.06 bits per heavy atom. The van der Waals surface area contributed by atoms with E-state index in [-0.39, 0.29) is 17.5 Å². The van der Waals surface area contributed by atoms with Crippen LogP contribution in [0.2, 0.25) is 5.02 Å². The Balaban J connectivity index is 2.24. The minimum Gasteiger partial charge on any atom is -0.376 e. The zero-order chi connectivity index (χ0) is 13.1. The summed E-state index contributed by atoms with van der Waals surface area (Å²) in [6.07, 6.45) is 0. The maximum atomic E-state index is 13.6. The Bertz CT molecular complexity index is 557. The predicted molar refractivity (Wildman–Crippen MR) is 69.8 cm³/mol. The molecule has 0 fully saturated rings. The van der Waals surface area contributed by atoms with Gasteiger partial charge in [0.2, 0.25) is 0 Å². The van der Waals surface area contributed by atoms with E-state index in [1.165, 1.54) is 24.3 Å². The van der Waals surface area contributed by atoms with Gasteiger partial charge in [0.1, 0.15) is 11.6 Å². The third-order valence-electron chi connectivity index (χ3n) is 2.67. The Labute approximate surface area is 109 Å². The summed E-state index contributed by atoms with van der Waals surface area (Å²) in [6, 6.07) is 10.3. The minimum absolute atomic E-state index is 0.262. The van der Waals surface area contributed by atoms with Crippen LogP contribution >= 0.6 is 11.6 Å². The maximum absolute atomic E-state index is 13.6. The third kappa shape index (κ3) is 2.79. The first-order chi connectivity index (χ1) is 8.58. The van der Waals surface area contributed by atoms with E-state index in [1.54, 1.807) is 25.1 Å². The molecule has 2 aromatic rings. The van der Waals surface area contributed by atoms with E-state index in [4.69, 9.17) is 11.6 Å². The molecule has 1 unspecified atom stereocenters. The van der Waals surface area contributed by atoms with Crippen molar-refractivity contribution in [3.8, 4) is 0 Å². The molecule has 0 amide bonds. The Morgan fingerprint density at radius 3 is 2.50 bits per heavy atom. The third-order valence-corrected chi connectivity index (χ3v) is 2.91. The van der Waals surface area contributed by atoms with Crippen LogP contribution in [-0.4, -0.2) is 0 Å². The van der Waals surface area contributed by atoms with Crippen molar-refractivity contribution in [2.45, 2.75) is 13.0 Å². The highest BCUT2D eigenvalue weighted by Crippen LogP contribution is 2.25. The molecule has 4 heteroatoms. The average molecular weight is 268 g/mol. The average Bonchev–Trinajstić information content (AvgIpc) is 2.34. The van der Waals surface area contributed by atoms with Gasteiger partial charge in [-0.25, -0.2) is 8.78 Å². The number of benzene rings is 2. The molecule has 0 aliphatic rings. The quantitative estimate of drug-likeness (QED) is 0.843. The van der Waals surface area contributed by atoms with Gasteiger partial charge in [-0.2, -0.15) is 0 Å². The molecule has 94 valence electrons. The van der Waals surface area contributed by atoms with Crippen LogP contribution in [0.25, 0.3) is 0 Å². The van der Waals surface area contributed by atoms with Gasteiger partial charge in [-0.15, -0.1) is 0 Å². The molecule has 1 atom stereocenters. The van der Waals surface area contributed by atoms with Gasteiger partial charge < -0.3 is 5.32 Å². The lowest BCUT2D eigenvalue weighted by atomic mass is 10.1. The van der Waals surface area contributed by atoms with E-state index in [1.807, 2.05) is 0 Å². The first-order valence-electron chi connectivity index (χ1n) is 5.54. The standard InChI is InChI=1S/C14H12ClF2N/c1-9(11-4-2-3-5-12(11)16)18-14-8-10(15)6-7-13(14)17/h2-9,18H,1H3. The zero-order valence-corrected chi connectivity index (χ0v) is 10.5. The summed E-state index contributed by atoms with van der Waals surface area (Å²) in [7, 11) is 0. The van der Waals surface area contributed by atoms with Crippen molar-refractivity contribution >= 4 is 17.3 Å².